The zero-order valence-electron chi connectivity index (χ0n) is 16.1. The standard InChI is InChI=1S/C22H26O6/c1-15-19(25-13-17-9-5-3-6-10-17)20(21(22(24)27-15)28-16(2)23)26-14-18-11-7-4-8-12-18/h3-12,15,19-22,24H,13-14H2,1-2H3. The summed E-state index contributed by atoms with van der Waals surface area (Å²) in [4.78, 5) is 11.6. The number of carbonyl (C=O) groups excluding carboxylic acids is 1. The SMILES string of the molecule is CC(=O)OC1C(O)OC(C)C(OCc2ccccc2)C1OCc1ccccc1. The second-order valence-corrected chi connectivity index (χ2v) is 6.83. The van der Waals surface area contributed by atoms with E-state index in [1.165, 1.54) is 6.92 Å². The molecule has 6 nitrogen and oxygen atoms in total. The van der Waals surface area contributed by atoms with Crippen LogP contribution in [0.4, 0.5) is 0 Å². The third-order valence-electron chi connectivity index (χ3n) is 4.62. The van der Waals surface area contributed by atoms with E-state index in [0.717, 1.165) is 11.1 Å². The maximum atomic E-state index is 11.6. The predicted molar refractivity (Wildman–Crippen MR) is 102 cm³/mol. The average molecular weight is 386 g/mol. The van der Waals surface area contributed by atoms with E-state index >= 15 is 0 Å². The summed E-state index contributed by atoms with van der Waals surface area (Å²) in [5.74, 6) is -0.516. The minimum atomic E-state index is -1.28. The van der Waals surface area contributed by atoms with Crippen LogP contribution in [0.25, 0.3) is 0 Å². The van der Waals surface area contributed by atoms with E-state index < -0.39 is 36.7 Å². The summed E-state index contributed by atoms with van der Waals surface area (Å²) < 4.78 is 23.0. The molecule has 0 spiro atoms. The van der Waals surface area contributed by atoms with E-state index in [-0.39, 0.29) is 0 Å². The highest BCUT2D eigenvalue weighted by Crippen LogP contribution is 2.28. The fourth-order valence-corrected chi connectivity index (χ4v) is 3.26. The van der Waals surface area contributed by atoms with Crippen molar-refractivity contribution in [3.05, 3.63) is 71.8 Å². The Labute approximate surface area is 165 Å². The first-order valence-corrected chi connectivity index (χ1v) is 9.36. The highest BCUT2D eigenvalue weighted by atomic mass is 16.7. The van der Waals surface area contributed by atoms with Gasteiger partial charge in [0.15, 0.2) is 12.4 Å². The van der Waals surface area contributed by atoms with Gasteiger partial charge in [-0.2, -0.15) is 0 Å². The summed E-state index contributed by atoms with van der Waals surface area (Å²) in [7, 11) is 0. The van der Waals surface area contributed by atoms with Crippen LogP contribution in [0.1, 0.15) is 25.0 Å². The summed E-state index contributed by atoms with van der Waals surface area (Å²) in [5.41, 5.74) is 1.98. The lowest BCUT2D eigenvalue weighted by Gasteiger charge is -2.43. The quantitative estimate of drug-likeness (QED) is 0.738. The van der Waals surface area contributed by atoms with Gasteiger partial charge in [0.1, 0.15) is 12.2 Å². The molecule has 5 unspecified atom stereocenters. The number of benzene rings is 2. The zero-order valence-corrected chi connectivity index (χ0v) is 16.1. The number of hydrogen-bond acceptors (Lipinski definition) is 6. The molecule has 3 rings (SSSR count). The number of aliphatic hydroxyl groups excluding tert-OH is 1. The largest absolute Gasteiger partial charge is 0.454 e. The Bertz CT molecular complexity index is 735. The van der Waals surface area contributed by atoms with Crippen LogP contribution in [-0.4, -0.2) is 41.8 Å². The Kier molecular flexibility index (Phi) is 7.17. The molecule has 2 aromatic carbocycles. The van der Waals surface area contributed by atoms with Gasteiger partial charge >= 0.3 is 5.97 Å². The van der Waals surface area contributed by atoms with E-state index in [1.54, 1.807) is 0 Å². The summed E-state index contributed by atoms with van der Waals surface area (Å²) in [6.07, 6.45) is -3.89. The third kappa shape index (κ3) is 5.39. The van der Waals surface area contributed by atoms with Gasteiger partial charge in [0.25, 0.3) is 0 Å². The molecule has 0 amide bonds. The van der Waals surface area contributed by atoms with E-state index in [2.05, 4.69) is 0 Å². The van der Waals surface area contributed by atoms with Crippen molar-refractivity contribution in [2.24, 2.45) is 0 Å². The van der Waals surface area contributed by atoms with Crippen LogP contribution in [0, 0.1) is 0 Å². The van der Waals surface area contributed by atoms with Crippen LogP contribution in [0.15, 0.2) is 60.7 Å². The van der Waals surface area contributed by atoms with Crippen LogP contribution in [-0.2, 0) is 37.0 Å². The van der Waals surface area contributed by atoms with Crippen LogP contribution >= 0.6 is 0 Å². The van der Waals surface area contributed by atoms with Crippen LogP contribution in [0.2, 0.25) is 0 Å². The van der Waals surface area contributed by atoms with Crippen molar-refractivity contribution in [3.63, 3.8) is 0 Å². The minimum Gasteiger partial charge on any atom is -0.454 e. The molecule has 0 radical (unpaired) electrons. The van der Waals surface area contributed by atoms with Gasteiger partial charge in [-0.15, -0.1) is 0 Å². The lowest BCUT2D eigenvalue weighted by Crippen LogP contribution is -2.59. The first-order valence-electron chi connectivity index (χ1n) is 9.36. The highest BCUT2D eigenvalue weighted by Gasteiger charge is 2.47. The fraction of sp³-hybridized carbons (Fsp3) is 0.409. The van der Waals surface area contributed by atoms with Gasteiger partial charge in [-0.1, -0.05) is 60.7 Å². The van der Waals surface area contributed by atoms with Gasteiger partial charge in [-0.25, -0.2) is 0 Å². The number of carbonyl (C=O) groups is 1. The summed E-state index contributed by atoms with van der Waals surface area (Å²) in [6.45, 7) is 3.75. The highest BCUT2D eigenvalue weighted by molar-refractivity contribution is 5.66. The monoisotopic (exact) mass is 386 g/mol. The number of hydrogen-bond donors (Lipinski definition) is 1. The summed E-state index contributed by atoms with van der Waals surface area (Å²) in [6, 6.07) is 19.4. The van der Waals surface area contributed by atoms with Gasteiger partial charge in [-0.3, -0.25) is 4.79 Å². The Morgan fingerprint density at radius 1 is 0.893 bits per heavy atom. The Hall–Kier alpha value is -2.25. The van der Waals surface area contributed by atoms with Gasteiger partial charge in [0, 0.05) is 6.92 Å². The average Bonchev–Trinajstić information content (AvgIpc) is 2.69. The number of ether oxygens (including phenoxy) is 4. The molecule has 1 aliphatic rings. The fourth-order valence-electron chi connectivity index (χ4n) is 3.26. The normalized spacial score (nSPS) is 27.3. The lowest BCUT2D eigenvalue weighted by molar-refractivity contribution is -0.300. The summed E-state index contributed by atoms with van der Waals surface area (Å²) in [5, 5.41) is 10.3. The molecule has 28 heavy (non-hydrogen) atoms. The second-order valence-electron chi connectivity index (χ2n) is 6.83. The number of aliphatic hydroxyl groups is 1. The van der Waals surface area contributed by atoms with E-state index in [0.29, 0.717) is 13.2 Å². The third-order valence-corrected chi connectivity index (χ3v) is 4.62. The van der Waals surface area contributed by atoms with Gasteiger partial charge in [0.05, 0.1) is 19.3 Å². The van der Waals surface area contributed by atoms with Gasteiger partial charge in [-0.05, 0) is 18.1 Å². The van der Waals surface area contributed by atoms with Crippen LogP contribution in [0.3, 0.4) is 0 Å². The Morgan fingerprint density at radius 3 is 1.89 bits per heavy atom. The van der Waals surface area contributed by atoms with E-state index in [9.17, 15) is 9.90 Å². The molecule has 1 fully saturated rings. The molecule has 5 atom stereocenters. The smallest absolute Gasteiger partial charge is 0.303 e. The summed E-state index contributed by atoms with van der Waals surface area (Å²) >= 11 is 0. The van der Waals surface area contributed by atoms with E-state index in [4.69, 9.17) is 18.9 Å². The predicted octanol–water partition coefficient (Wildman–Crippen LogP) is 2.83. The molecular weight excluding hydrogens is 360 g/mol. The lowest BCUT2D eigenvalue weighted by atomic mass is 9.98. The van der Waals surface area contributed by atoms with Crippen molar-refractivity contribution < 1.29 is 28.8 Å². The molecule has 2 aromatic rings. The molecule has 0 saturated carbocycles. The van der Waals surface area contributed by atoms with Gasteiger partial charge in [0.2, 0.25) is 0 Å². The first kappa shape index (κ1) is 20.5. The Balaban J connectivity index is 1.76. The molecule has 1 N–H and O–H groups in total. The van der Waals surface area contributed by atoms with Crippen molar-refractivity contribution in [1.82, 2.24) is 0 Å². The molecular formula is C22H26O6. The van der Waals surface area contributed by atoms with Crippen molar-refractivity contribution in [1.29, 1.82) is 0 Å². The van der Waals surface area contributed by atoms with Crippen LogP contribution < -0.4 is 0 Å². The maximum Gasteiger partial charge on any atom is 0.303 e. The van der Waals surface area contributed by atoms with Crippen molar-refractivity contribution in [2.45, 2.75) is 57.8 Å². The zero-order chi connectivity index (χ0) is 19.9. The molecule has 1 saturated heterocycles. The van der Waals surface area contributed by atoms with E-state index in [1.807, 2.05) is 67.6 Å². The molecule has 0 aliphatic carbocycles. The van der Waals surface area contributed by atoms with Crippen molar-refractivity contribution >= 4 is 5.97 Å². The molecule has 0 bridgehead atoms. The van der Waals surface area contributed by atoms with Crippen molar-refractivity contribution in [2.75, 3.05) is 0 Å². The molecule has 6 heteroatoms. The molecule has 1 heterocycles. The topological polar surface area (TPSA) is 74.2 Å². The number of esters is 1. The number of rotatable bonds is 7. The minimum absolute atomic E-state index is 0.300. The van der Waals surface area contributed by atoms with Crippen LogP contribution in [0.5, 0.6) is 0 Å². The van der Waals surface area contributed by atoms with Gasteiger partial charge < -0.3 is 24.1 Å². The molecule has 1 aliphatic heterocycles. The second kappa shape index (κ2) is 9.80. The first-order chi connectivity index (χ1) is 13.5. The van der Waals surface area contributed by atoms with Crippen molar-refractivity contribution in [3.8, 4) is 0 Å². The molecule has 0 aromatic heterocycles. The maximum absolute atomic E-state index is 11.6. The Morgan fingerprint density at radius 2 is 1.39 bits per heavy atom. The molecule has 150 valence electrons.